The molecule has 8 atom stereocenters. The van der Waals surface area contributed by atoms with E-state index in [0.29, 0.717) is 94.7 Å². The number of anilines is 1. The third-order valence-corrected chi connectivity index (χ3v) is 19.6. The standard InChI is InChI=1S/C60H80F3N11O6S/c1-35(2)50(71-19-16-59(31-71)17-20-72(32-59)56(77)53-51(68(53)6)37-10-11-37)54(75)66-45-27-48-65-46(30-81-48)38-12-15-47-41(25-38)43(28-58(4,5)34-80-57(78)44-9-8-18-74(67-44)55(45)76)52(73(47)33-60(61,62)63)42-26-40(29-64-49(42)36(3)79-7)70-23-21-69(22-24-70)39-13-14-39/h12,15,25-26,29-30,35-37,39,44-45,50-51,53,67H,8-11,13-14,16-24,27-28,31-34H2,1-7H3,(H,66,75)/t36-,44-,45-,50-,51+,53+,59-,68?/m0/s1/i51D. The van der Waals surface area contributed by atoms with Crippen molar-refractivity contribution in [1.82, 2.24) is 49.9 Å². The number of thiazole rings is 1. The molecule has 8 aliphatic rings. The van der Waals surface area contributed by atoms with Gasteiger partial charge < -0.3 is 29.2 Å². The Hall–Kier alpha value is -5.19. The van der Waals surface area contributed by atoms with Crippen LogP contribution in [-0.4, -0.2) is 185 Å². The Kier molecular flexibility index (Phi) is 14.8. The highest BCUT2D eigenvalue weighted by Crippen LogP contribution is 2.49. The quantitative estimate of drug-likeness (QED) is 0.110. The molecular weight excluding hydrogens is 1060 g/mol. The number of hydrogen-bond acceptors (Lipinski definition) is 14. The molecule has 21 heteroatoms. The average molecular weight is 1140 g/mol. The van der Waals surface area contributed by atoms with Crippen molar-refractivity contribution in [2.75, 3.05) is 84.6 Å². The van der Waals surface area contributed by atoms with Crippen molar-refractivity contribution in [2.45, 2.75) is 154 Å². The molecule has 3 aromatic heterocycles. The van der Waals surface area contributed by atoms with Crippen LogP contribution < -0.4 is 15.6 Å². The molecule has 12 rings (SSSR count). The molecular formula is C60H80F3N11O6S. The number of aromatic nitrogens is 3. The van der Waals surface area contributed by atoms with E-state index in [1.54, 1.807) is 19.2 Å². The average Bonchev–Trinajstić information content (AvgIpc) is 2.26. The number of likely N-dealkylation sites (tertiary alicyclic amines) is 2. The molecule has 2 N–H and O–H groups in total. The molecule has 6 bridgehead atoms. The number of ether oxygens (including phenoxy) is 2. The van der Waals surface area contributed by atoms with Crippen molar-refractivity contribution < 1.29 is 43.2 Å². The first-order valence-electron chi connectivity index (χ1n) is 30.0. The van der Waals surface area contributed by atoms with Crippen molar-refractivity contribution in [3.63, 3.8) is 0 Å². The lowest BCUT2D eigenvalue weighted by atomic mass is 9.84. The zero-order chi connectivity index (χ0) is 57.8. The van der Waals surface area contributed by atoms with E-state index in [2.05, 4.69) is 25.4 Å². The molecule has 438 valence electrons. The second kappa shape index (κ2) is 21.8. The summed E-state index contributed by atoms with van der Waals surface area (Å²) in [7, 11) is 3.45. The van der Waals surface area contributed by atoms with Gasteiger partial charge in [0.2, 0.25) is 11.8 Å². The fourth-order valence-electron chi connectivity index (χ4n) is 14.0. The minimum atomic E-state index is -4.61. The predicted octanol–water partition coefficient (Wildman–Crippen LogP) is 7.07. The third-order valence-electron chi connectivity index (χ3n) is 18.7. The normalized spacial score (nSPS) is 29.5. The van der Waals surface area contributed by atoms with Gasteiger partial charge in [-0.2, -0.15) is 13.2 Å². The molecule has 9 heterocycles. The molecule has 0 radical (unpaired) electrons. The number of rotatable bonds is 12. The second-order valence-corrected chi connectivity index (χ2v) is 26.7. The summed E-state index contributed by atoms with van der Waals surface area (Å²) in [6, 6.07) is 4.27. The SMILES string of the molecule is [2H][C@@]1(C2CC2)[C@H](C(=O)N2CC[C@]3(CCN([C@H](C(=O)N[C@H]4Cc5nc(cs5)-c5ccc6c(c5)c(c(-c5cc(N7CCN(C8CC8)CC7)cnc5[C@H](C)OC)n6CC(F)(F)F)CC(C)(C)COC(=O)[C@@H]5CCCN(N5)C4=O)C(C)C)C3)C2)N1C. The summed E-state index contributed by atoms with van der Waals surface area (Å²) in [5.41, 5.74) is 6.66. The zero-order valence-corrected chi connectivity index (χ0v) is 48.8. The number of hydrogen-bond donors (Lipinski definition) is 2. The molecule has 3 amide bonds. The summed E-state index contributed by atoms with van der Waals surface area (Å²) in [5, 5.41) is 7.65. The number of likely N-dealkylation sites (N-methyl/N-ethyl adjacent to an activating group) is 1. The van der Waals surface area contributed by atoms with Crippen LogP contribution in [0.1, 0.15) is 110 Å². The largest absolute Gasteiger partial charge is 0.464 e. The number of carbonyl (C=O) groups is 4. The van der Waals surface area contributed by atoms with Gasteiger partial charge in [-0.3, -0.25) is 43.9 Å². The molecule has 4 aromatic rings. The summed E-state index contributed by atoms with van der Waals surface area (Å²) in [5.74, 6) is -1.12. The molecule has 1 aromatic carbocycles. The van der Waals surface area contributed by atoms with E-state index in [0.717, 1.165) is 57.5 Å². The number of nitrogens with one attached hydrogen (secondary N) is 2. The van der Waals surface area contributed by atoms with Gasteiger partial charge in [-0.25, -0.2) is 10.4 Å². The van der Waals surface area contributed by atoms with Crippen molar-refractivity contribution in [2.24, 2.45) is 22.7 Å². The topological polar surface area (TPSA) is 161 Å². The Bertz CT molecular complexity index is 3120. The molecule has 2 saturated carbocycles. The highest BCUT2D eigenvalue weighted by molar-refractivity contribution is 7.10. The number of benzene rings is 1. The highest BCUT2D eigenvalue weighted by Gasteiger charge is 2.59. The number of cyclic esters (lactones) is 1. The van der Waals surface area contributed by atoms with E-state index >= 15 is 13.2 Å². The minimum absolute atomic E-state index is 0.0342. The third kappa shape index (κ3) is 11.5. The van der Waals surface area contributed by atoms with Crippen LogP contribution in [0.25, 0.3) is 33.4 Å². The Balaban J connectivity index is 0.873. The van der Waals surface area contributed by atoms with Gasteiger partial charge in [-0.05, 0) is 114 Å². The Morgan fingerprint density at radius 2 is 1.77 bits per heavy atom. The van der Waals surface area contributed by atoms with E-state index in [1.807, 2.05) is 75.2 Å². The molecule has 17 nitrogen and oxygen atoms in total. The van der Waals surface area contributed by atoms with Crippen LogP contribution in [0.5, 0.6) is 0 Å². The number of hydrazine groups is 1. The van der Waals surface area contributed by atoms with Gasteiger partial charge in [0.15, 0.2) is 0 Å². The Morgan fingerprint density at radius 3 is 2.48 bits per heavy atom. The Labute approximate surface area is 478 Å². The molecule has 5 saturated heterocycles. The number of fused-ring (bicyclic) bond motifs is 6. The van der Waals surface area contributed by atoms with E-state index in [1.165, 1.54) is 33.8 Å². The van der Waals surface area contributed by atoms with E-state index in [-0.39, 0.29) is 55.1 Å². The molecule has 81 heavy (non-hydrogen) atoms. The molecule has 1 unspecified atom stereocenters. The van der Waals surface area contributed by atoms with Crippen LogP contribution >= 0.6 is 11.3 Å². The van der Waals surface area contributed by atoms with Gasteiger partial charge in [0.1, 0.15) is 24.7 Å². The summed E-state index contributed by atoms with van der Waals surface area (Å²) in [4.78, 5) is 78.9. The molecule has 1 spiro atoms. The number of alkyl halides is 3. The van der Waals surface area contributed by atoms with E-state index in [4.69, 9.17) is 20.8 Å². The molecule has 7 fully saturated rings. The van der Waals surface area contributed by atoms with Gasteiger partial charge in [0.25, 0.3) is 5.91 Å². The summed E-state index contributed by atoms with van der Waals surface area (Å²) >= 11 is 1.34. The second-order valence-electron chi connectivity index (χ2n) is 25.8. The first-order chi connectivity index (χ1) is 39.0. The van der Waals surface area contributed by atoms with Crippen LogP contribution in [0.3, 0.4) is 0 Å². The number of esters is 1. The van der Waals surface area contributed by atoms with Crippen molar-refractivity contribution in [1.29, 1.82) is 0 Å². The van der Waals surface area contributed by atoms with Crippen molar-refractivity contribution >= 4 is 51.6 Å². The first kappa shape index (κ1) is 55.0. The fourth-order valence-corrected chi connectivity index (χ4v) is 14.9. The lowest BCUT2D eigenvalue weighted by Crippen LogP contribution is -2.62. The maximum atomic E-state index is 15.2. The first-order valence-corrected chi connectivity index (χ1v) is 30.4. The van der Waals surface area contributed by atoms with Crippen molar-refractivity contribution in [3.05, 3.63) is 52.1 Å². The van der Waals surface area contributed by atoms with Crippen LogP contribution in [0.4, 0.5) is 18.9 Å². The number of carbonyl (C=O) groups excluding carboxylic acids is 4. The molecule has 6 aliphatic heterocycles. The summed E-state index contributed by atoms with van der Waals surface area (Å²) in [6.07, 6.45) is 3.80. The maximum Gasteiger partial charge on any atom is 0.406 e. The number of methoxy groups -OCH3 is 1. The van der Waals surface area contributed by atoms with Gasteiger partial charge in [0.05, 0.1) is 52.7 Å². The Morgan fingerprint density at radius 1 is 1.00 bits per heavy atom. The maximum absolute atomic E-state index is 15.2. The van der Waals surface area contributed by atoms with E-state index in [9.17, 15) is 19.2 Å². The fraction of sp³-hybridized carbons (Fsp3) is 0.667. The minimum Gasteiger partial charge on any atom is -0.464 e. The van der Waals surface area contributed by atoms with Gasteiger partial charge >= 0.3 is 12.1 Å². The number of piperazine rings is 1. The number of pyridine rings is 1. The number of halogens is 3. The smallest absolute Gasteiger partial charge is 0.406 e. The van der Waals surface area contributed by atoms with Crippen molar-refractivity contribution in [3.8, 4) is 22.5 Å². The van der Waals surface area contributed by atoms with Gasteiger partial charge in [-0.15, -0.1) is 11.3 Å². The number of nitrogens with zero attached hydrogens (tertiary/aromatic N) is 9. The number of amides is 3. The van der Waals surface area contributed by atoms with Crippen LogP contribution in [0, 0.1) is 22.7 Å². The monoisotopic (exact) mass is 1140 g/mol. The summed E-state index contributed by atoms with van der Waals surface area (Å²) < 4.78 is 68.0. The van der Waals surface area contributed by atoms with Crippen LogP contribution in [-0.2, 0) is 48.0 Å². The van der Waals surface area contributed by atoms with E-state index < -0.39 is 66.3 Å². The van der Waals surface area contributed by atoms with Gasteiger partial charge in [-0.1, -0.05) is 33.8 Å². The van der Waals surface area contributed by atoms with Gasteiger partial charge in [0, 0.05) is 118 Å². The zero-order valence-electron chi connectivity index (χ0n) is 48.9. The lowest BCUT2D eigenvalue weighted by Gasteiger charge is -2.37. The lowest BCUT2D eigenvalue weighted by molar-refractivity contribution is -0.155. The van der Waals surface area contributed by atoms with Crippen LogP contribution in [0.15, 0.2) is 35.8 Å². The summed E-state index contributed by atoms with van der Waals surface area (Å²) in [6.45, 7) is 14.5. The van der Waals surface area contributed by atoms with Crippen LogP contribution in [0.2, 0.25) is 0 Å². The highest BCUT2D eigenvalue weighted by atomic mass is 32.1. The predicted molar refractivity (Wildman–Crippen MR) is 303 cm³/mol. The molecule has 2 aliphatic carbocycles.